The third-order valence-corrected chi connectivity index (χ3v) is 3.62. The molecule has 2 rings (SSSR count). The maximum absolute atomic E-state index is 5.96. The number of benzene rings is 2. The SMILES string of the molecule is CCC(NC)c1cccc(Oc2ccc(Cl)cc2C)c1. The van der Waals surface area contributed by atoms with Crippen LogP contribution in [0.25, 0.3) is 0 Å². The lowest BCUT2D eigenvalue weighted by molar-refractivity contribution is 0.475. The number of ether oxygens (including phenoxy) is 1. The molecule has 0 saturated heterocycles. The third-order valence-electron chi connectivity index (χ3n) is 3.38. The Hall–Kier alpha value is -1.51. The Morgan fingerprint density at radius 2 is 2.00 bits per heavy atom. The Balaban J connectivity index is 2.23. The van der Waals surface area contributed by atoms with Crippen molar-refractivity contribution >= 4 is 11.6 Å². The number of aryl methyl sites for hydroxylation is 1. The van der Waals surface area contributed by atoms with Gasteiger partial charge in [-0.3, -0.25) is 0 Å². The van der Waals surface area contributed by atoms with Crippen molar-refractivity contribution in [1.82, 2.24) is 5.32 Å². The monoisotopic (exact) mass is 289 g/mol. The third kappa shape index (κ3) is 3.53. The van der Waals surface area contributed by atoms with E-state index in [1.807, 2.05) is 44.3 Å². The Morgan fingerprint density at radius 1 is 1.20 bits per heavy atom. The first-order valence-electron chi connectivity index (χ1n) is 6.85. The predicted octanol–water partition coefficient (Wildman–Crippen LogP) is 5.11. The summed E-state index contributed by atoms with van der Waals surface area (Å²) in [6.45, 7) is 4.16. The zero-order chi connectivity index (χ0) is 14.5. The van der Waals surface area contributed by atoms with Crippen molar-refractivity contribution < 1.29 is 4.74 Å². The fourth-order valence-electron chi connectivity index (χ4n) is 2.26. The van der Waals surface area contributed by atoms with Gasteiger partial charge in [0.25, 0.3) is 0 Å². The van der Waals surface area contributed by atoms with Crippen LogP contribution in [0.1, 0.15) is 30.5 Å². The normalized spacial score (nSPS) is 12.2. The summed E-state index contributed by atoms with van der Waals surface area (Å²) < 4.78 is 5.96. The van der Waals surface area contributed by atoms with Crippen LogP contribution in [0, 0.1) is 6.92 Å². The minimum atomic E-state index is 0.352. The lowest BCUT2D eigenvalue weighted by Crippen LogP contribution is -2.14. The van der Waals surface area contributed by atoms with Crippen molar-refractivity contribution in [3.05, 3.63) is 58.6 Å². The van der Waals surface area contributed by atoms with E-state index in [0.29, 0.717) is 6.04 Å². The average Bonchev–Trinajstić information content (AvgIpc) is 2.44. The van der Waals surface area contributed by atoms with Crippen LogP contribution in [-0.4, -0.2) is 7.05 Å². The molecule has 0 aromatic heterocycles. The molecule has 0 radical (unpaired) electrons. The highest BCUT2D eigenvalue weighted by Gasteiger charge is 2.08. The van der Waals surface area contributed by atoms with Gasteiger partial charge in [-0.25, -0.2) is 0 Å². The molecular weight excluding hydrogens is 270 g/mol. The van der Waals surface area contributed by atoms with E-state index >= 15 is 0 Å². The molecule has 1 atom stereocenters. The fraction of sp³-hybridized carbons (Fsp3) is 0.294. The summed E-state index contributed by atoms with van der Waals surface area (Å²) in [5.74, 6) is 1.69. The van der Waals surface area contributed by atoms with E-state index in [0.717, 1.165) is 28.5 Å². The summed E-state index contributed by atoms with van der Waals surface area (Å²) in [4.78, 5) is 0. The second kappa shape index (κ2) is 6.78. The van der Waals surface area contributed by atoms with Crippen LogP contribution in [0.3, 0.4) is 0 Å². The summed E-state index contributed by atoms with van der Waals surface area (Å²) in [5.41, 5.74) is 2.27. The highest BCUT2D eigenvalue weighted by atomic mass is 35.5. The number of halogens is 1. The van der Waals surface area contributed by atoms with Crippen LogP contribution in [0.2, 0.25) is 5.02 Å². The fourth-order valence-corrected chi connectivity index (χ4v) is 2.48. The molecule has 1 unspecified atom stereocenters. The molecule has 2 nitrogen and oxygen atoms in total. The molecule has 2 aromatic carbocycles. The van der Waals surface area contributed by atoms with E-state index in [1.54, 1.807) is 0 Å². The zero-order valence-corrected chi connectivity index (χ0v) is 12.9. The van der Waals surface area contributed by atoms with E-state index in [1.165, 1.54) is 5.56 Å². The van der Waals surface area contributed by atoms with Gasteiger partial charge in [-0.2, -0.15) is 0 Å². The molecule has 3 heteroatoms. The van der Waals surface area contributed by atoms with Gasteiger partial charge in [0.05, 0.1) is 0 Å². The molecule has 0 bridgehead atoms. The molecule has 0 aliphatic carbocycles. The van der Waals surface area contributed by atoms with Gasteiger partial charge >= 0.3 is 0 Å². The Kier molecular flexibility index (Phi) is 5.05. The maximum Gasteiger partial charge on any atom is 0.130 e. The first-order valence-corrected chi connectivity index (χ1v) is 7.23. The molecule has 2 aromatic rings. The Labute approximate surface area is 125 Å². The van der Waals surface area contributed by atoms with Crippen molar-refractivity contribution in [3.8, 4) is 11.5 Å². The minimum absolute atomic E-state index is 0.352. The van der Waals surface area contributed by atoms with E-state index in [4.69, 9.17) is 16.3 Å². The van der Waals surface area contributed by atoms with Crippen molar-refractivity contribution in [1.29, 1.82) is 0 Å². The van der Waals surface area contributed by atoms with Gasteiger partial charge in [-0.15, -0.1) is 0 Å². The second-order valence-corrected chi connectivity index (χ2v) is 5.27. The molecule has 106 valence electrons. The predicted molar refractivity (Wildman–Crippen MR) is 84.8 cm³/mol. The minimum Gasteiger partial charge on any atom is -0.457 e. The highest BCUT2D eigenvalue weighted by molar-refractivity contribution is 6.30. The molecule has 0 fully saturated rings. The average molecular weight is 290 g/mol. The lowest BCUT2D eigenvalue weighted by atomic mass is 10.0. The number of hydrogen-bond acceptors (Lipinski definition) is 2. The van der Waals surface area contributed by atoms with Gasteiger partial charge in [-0.1, -0.05) is 30.7 Å². The van der Waals surface area contributed by atoms with Crippen LogP contribution in [0.5, 0.6) is 11.5 Å². The van der Waals surface area contributed by atoms with Gasteiger partial charge in [-0.05, 0) is 61.9 Å². The van der Waals surface area contributed by atoms with E-state index < -0.39 is 0 Å². The zero-order valence-electron chi connectivity index (χ0n) is 12.1. The second-order valence-electron chi connectivity index (χ2n) is 4.83. The smallest absolute Gasteiger partial charge is 0.130 e. The van der Waals surface area contributed by atoms with Gasteiger partial charge in [0.1, 0.15) is 11.5 Å². The molecule has 0 aliphatic rings. The largest absolute Gasteiger partial charge is 0.457 e. The molecule has 20 heavy (non-hydrogen) atoms. The molecule has 0 saturated carbocycles. The summed E-state index contributed by atoms with van der Waals surface area (Å²) in [7, 11) is 1.98. The van der Waals surface area contributed by atoms with E-state index in [9.17, 15) is 0 Å². The molecule has 0 spiro atoms. The van der Waals surface area contributed by atoms with Crippen LogP contribution < -0.4 is 10.1 Å². The van der Waals surface area contributed by atoms with Crippen LogP contribution in [0.15, 0.2) is 42.5 Å². The standard InChI is InChI=1S/C17H20ClNO/c1-4-16(19-3)13-6-5-7-15(11-13)20-17-9-8-14(18)10-12(17)2/h5-11,16,19H,4H2,1-3H3. The van der Waals surface area contributed by atoms with Crippen LogP contribution in [0.4, 0.5) is 0 Å². The topological polar surface area (TPSA) is 21.3 Å². The Morgan fingerprint density at radius 3 is 2.65 bits per heavy atom. The molecule has 1 N–H and O–H groups in total. The van der Waals surface area contributed by atoms with Gasteiger partial charge in [0.15, 0.2) is 0 Å². The van der Waals surface area contributed by atoms with Gasteiger partial charge in [0, 0.05) is 11.1 Å². The Bertz CT molecular complexity index is 579. The lowest BCUT2D eigenvalue weighted by Gasteiger charge is -2.16. The van der Waals surface area contributed by atoms with Crippen molar-refractivity contribution in [3.63, 3.8) is 0 Å². The molecule has 0 aliphatic heterocycles. The molecule has 0 heterocycles. The summed E-state index contributed by atoms with van der Waals surface area (Å²) in [5, 5.41) is 4.03. The number of hydrogen-bond donors (Lipinski definition) is 1. The summed E-state index contributed by atoms with van der Waals surface area (Å²) in [6.07, 6.45) is 1.04. The number of rotatable bonds is 5. The maximum atomic E-state index is 5.96. The molecular formula is C17H20ClNO. The van der Waals surface area contributed by atoms with Crippen LogP contribution in [-0.2, 0) is 0 Å². The molecule has 0 amide bonds. The van der Waals surface area contributed by atoms with Crippen LogP contribution >= 0.6 is 11.6 Å². The first kappa shape index (κ1) is 14.9. The number of nitrogens with one attached hydrogen (secondary N) is 1. The van der Waals surface area contributed by atoms with E-state index in [2.05, 4.69) is 24.4 Å². The first-order chi connectivity index (χ1) is 9.63. The van der Waals surface area contributed by atoms with Crippen molar-refractivity contribution in [2.24, 2.45) is 0 Å². The summed E-state index contributed by atoms with van der Waals surface area (Å²) in [6, 6.07) is 14.2. The van der Waals surface area contributed by atoms with Gasteiger partial charge < -0.3 is 10.1 Å². The van der Waals surface area contributed by atoms with Gasteiger partial charge in [0.2, 0.25) is 0 Å². The van der Waals surface area contributed by atoms with E-state index in [-0.39, 0.29) is 0 Å². The highest BCUT2D eigenvalue weighted by Crippen LogP contribution is 2.29. The van der Waals surface area contributed by atoms with Crippen molar-refractivity contribution in [2.75, 3.05) is 7.05 Å². The van der Waals surface area contributed by atoms with Crippen molar-refractivity contribution in [2.45, 2.75) is 26.3 Å². The quantitative estimate of drug-likeness (QED) is 0.826. The summed E-state index contributed by atoms with van der Waals surface area (Å²) >= 11 is 5.96.